The van der Waals surface area contributed by atoms with Gasteiger partial charge >= 0.3 is 0 Å². The number of aliphatic hydroxyl groups is 2. The molecule has 2 aliphatic heterocycles. The topological polar surface area (TPSA) is 76.0 Å². The molecule has 2 heterocycles. The molecule has 1 aromatic carbocycles. The Balaban J connectivity index is 1.71. The quantitative estimate of drug-likeness (QED) is 0.706. The van der Waals surface area contributed by atoms with Crippen LogP contribution in [-0.2, 0) is 9.47 Å². The van der Waals surface area contributed by atoms with Gasteiger partial charge < -0.3 is 24.5 Å². The Hall–Kier alpha value is -1.21. The van der Waals surface area contributed by atoms with Crippen molar-refractivity contribution in [1.82, 2.24) is 0 Å². The van der Waals surface area contributed by atoms with Crippen molar-refractivity contribution in [2.45, 2.75) is 23.8 Å². The van der Waals surface area contributed by atoms with Crippen LogP contribution in [0.5, 0.6) is 0 Å². The lowest BCUT2D eigenvalue weighted by Crippen LogP contribution is -2.45. The summed E-state index contributed by atoms with van der Waals surface area (Å²) in [5.41, 5.74) is -0.702. The molecule has 1 aromatic rings. The highest BCUT2D eigenvalue weighted by atomic mass is 16.6. The van der Waals surface area contributed by atoms with E-state index in [1.54, 1.807) is 24.3 Å². The number of hydrogen-bond donors (Lipinski definition) is 2. The van der Waals surface area contributed by atoms with Crippen LogP contribution in [0, 0.1) is 0 Å². The van der Waals surface area contributed by atoms with E-state index in [-0.39, 0.29) is 18.9 Å². The zero-order valence-electron chi connectivity index (χ0n) is 10.2. The molecule has 2 bridgehead atoms. The zero-order valence-corrected chi connectivity index (χ0v) is 10.2. The van der Waals surface area contributed by atoms with Gasteiger partial charge in [0.2, 0.25) is 7.28 Å². The highest BCUT2D eigenvalue weighted by molar-refractivity contribution is 6.78. The van der Waals surface area contributed by atoms with Crippen LogP contribution in [0.2, 0.25) is 0 Å². The van der Waals surface area contributed by atoms with Crippen molar-refractivity contribution in [2.24, 2.45) is 0 Å². The van der Waals surface area contributed by atoms with Crippen molar-refractivity contribution in [3.8, 4) is 0 Å². The predicted octanol–water partition coefficient (Wildman–Crippen LogP) is -0.622. The van der Waals surface area contributed by atoms with Gasteiger partial charge in [0.25, 0.3) is 0 Å². The Morgan fingerprint density at radius 3 is 2.79 bits per heavy atom. The first-order valence-electron chi connectivity index (χ1n) is 6.19. The summed E-state index contributed by atoms with van der Waals surface area (Å²) in [5, 5.41) is 19.3. The highest BCUT2D eigenvalue weighted by Gasteiger charge is 2.60. The molecule has 2 fully saturated rings. The Morgan fingerprint density at radius 1 is 1.42 bits per heavy atom. The third-order valence-corrected chi connectivity index (χ3v) is 3.71. The predicted molar refractivity (Wildman–Crippen MR) is 67.0 cm³/mol. The largest absolute Gasteiger partial charge is 0.393 e. The van der Waals surface area contributed by atoms with Crippen molar-refractivity contribution in [3.63, 3.8) is 0 Å². The number of carbonyl (C=O) groups excluding carboxylic acids is 1. The van der Waals surface area contributed by atoms with E-state index >= 15 is 0 Å². The van der Waals surface area contributed by atoms with Crippen molar-refractivity contribution in [3.05, 3.63) is 35.9 Å². The first kappa shape index (κ1) is 12.8. The number of carbonyl (C=O) groups is 1. The summed E-state index contributed by atoms with van der Waals surface area (Å²) in [4.78, 5) is 12.0. The third kappa shape index (κ3) is 2.01. The lowest BCUT2D eigenvalue weighted by Gasteiger charge is -2.28. The number of benzene rings is 1. The molecule has 1 radical (unpaired) electrons. The Labute approximate surface area is 111 Å². The molecule has 0 aromatic heterocycles. The minimum absolute atomic E-state index is 0.152. The maximum atomic E-state index is 12.0. The minimum Gasteiger partial charge on any atom is -0.393 e. The minimum atomic E-state index is -1.08. The van der Waals surface area contributed by atoms with E-state index in [2.05, 4.69) is 0 Å². The first-order valence-corrected chi connectivity index (χ1v) is 6.19. The Bertz CT molecular complexity index is 479. The third-order valence-electron chi connectivity index (χ3n) is 3.71. The van der Waals surface area contributed by atoms with Crippen LogP contribution >= 0.6 is 0 Å². The standard InChI is InChI=1S/C13H14BO5/c15-6-13-7-18-9(10(13)16)12(19-13)14-11(17)8-4-2-1-3-5-8/h1-5,9-10,12,15-16H,6-7H2/t9?,10?,12-,13+/m1/s1. The molecule has 19 heavy (non-hydrogen) atoms. The van der Waals surface area contributed by atoms with Crippen LogP contribution in [0.3, 0.4) is 0 Å². The van der Waals surface area contributed by atoms with Gasteiger partial charge in [-0.25, -0.2) is 0 Å². The van der Waals surface area contributed by atoms with E-state index in [1.165, 1.54) is 7.28 Å². The van der Waals surface area contributed by atoms with E-state index in [9.17, 15) is 15.0 Å². The van der Waals surface area contributed by atoms with Gasteiger partial charge in [-0.2, -0.15) is 0 Å². The van der Waals surface area contributed by atoms with Gasteiger partial charge in [-0.05, 0) is 0 Å². The fraction of sp³-hybridized carbons (Fsp3) is 0.462. The van der Waals surface area contributed by atoms with Crippen LogP contribution in [-0.4, -0.2) is 60.2 Å². The molecule has 2 N–H and O–H groups in total. The Morgan fingerprint density at radius 2 is 2.16 bits per heavy atom. The summed E-state index contributed by atoms with van der Waals surface area (Å²) in [5.74, 6) is 0. The molecular weight excluding hydrogens is 247 g/mol. The molecule has 4 atom stereocenters. The summed E-state index contributed by atoms with van der Waals surface area (Å²) < 4.78 is 11.0. The zero-order chi connectivity index (χ0) is 13.5. The molecule has 3 rings (SSSR count). The molecule has 99 valence electrons. The van der Waals surface area contributed by atoms with E-state index in [0.29, 0.717) is 5.56 Å². The molecule has 0 spiro atoms. The lowest BCUT2D eigenvalue weighted by molar-refractivity contribution is -0.137. The summed E-state index contributed by atoms with van der Waals surface area (Å²) >= 11 is 0. The van der Waals surface area contributed by atoms with Gasteiger partial charge in [-0.15, -0.1) is 0 Å². The molecule has 5 nitrogen and oxygen atoms in total. The molecule has 2 aliphatic rings. The molecule has 0 saturated carbocycles. The first-order chi connectivity index (χ1) is 9.16. The number of aliphatic hydroxyl groups excluding tert-OH is 2. The van der Waals surface area contributed by atoms with Gasteiger partial charge in [0.1, 0.15) is 23.5 Å². The van der Waals surface area contributed by atoms with Crippen LogP contribution in [0.25, 0.3) is 0 Å². The van der Waals surface area contributed by atoms with Crippen molar-refractivity contribution < 1.29 is 24.5 Å². The monoisotopic (exact) mass is 261 g/mol. The van der Waals surface area contributed by atoms with E-state index in [1.807, 2.05) is 6.07 Å². The molecule has 6 heteroatoms. The number of fused-ring (bicyclic) bond motifs is 2. The van der Waals surface area contributed by atoms with Crippen molar-refractivity contribution in [2.75, 3.05) is 13.2 Å². The second-order valence-corrected chi connectivity index (χ2v) is 4.92. The highest BCUT2D eigenvalue weighted by Crippen LogP contribution is 2.39. The van der Waals surface area contributed by atoms with Crippen LogP contribution < -0.4 is 0 Å². The second-order valence-electron chi connectivity index (χ2n) is 4.92. The van der Waals surface area contributed by atoms with Crippen LogP contribution in [0.15, 0.2) is 30.3 Å². The van der Waals surface area contributed by atoms with Crippen LogP contribution in [0.1, 0.15) is 10.4 Å². The van der Waals surface area contributed by atoms with E-state index in [0.717, 1.165) is 0 Å². The van der Waals surface area contributed by atoms with Gasteiger partial charge in [0.05, 0.1) is 19.2 Å². The van der Waals surface area contributed by atoms with Gasteiger partial charge in [0.15, 0.2) is 0 Å². The van der Waals surface area contributed by atoms with Gasteiger partial charge in [0, 0.05) is 5.56 Å². The average molecular weight is 261 g/mol. The van der Waals surface area contributed by atoms with E-state index < -0.39 is 23.8 Å². The van der Waals surface area contributed by atoms with Crippen molar-refractivity contribution >= 4 is 13.0 Å². The average Bonchev–Trinajstić information content (AvgIpc) is 2.90. The maximum Gasteiger partial charge on any atom is 0.249 e. The van der Waals surface area contributed by atoms with Crippen LogP contribution in [0.4, 0.5) is 0 Å². The Kier molecular flexibility index (Phi) is 3.18. The maximum absolute atomic E-state index is 12.0. The molecule has 0 aliphatic carbocycles. The van der Waals surface area contributed by atoms with Gasteiger partial charge in [-0.3, -0.25) is 0 Å². The normalized spacial score (nSPS) is 36.4. The second kappa shape index (κ2) is 4.72. The smallest absolute Gasteiger partial charge is 0.249 e. The van der Waals surface area contributed by atoms with Crippen molar-refractivity contribution in [1.29, 1.82) is 0 Å². The molecule has 2 unspecified atom stereocenters. The SMILES string of the molecule is O=C([B][C@@H]1O[C@@]2(CO)COC1C2O)c1ccccc1. The molecule has 2 saturated heterocycles. The van der Waals surface area contributed by atoms with E-state index in [4.69, 9.17) is 9.47 Å². The fourth-order valence-electron chi connectivity index (χ4n) is 2.58. The molecule has 0 amide bonds. The summed E-state index contributed by atoms with van der Waals surface area (Å²) in [6.07, 6.45) is -1.48. The van der Waals surface area contributed by atoms with Gasteiger partial charge in [-0.1, -0.05) is 30.3 Å². The molecular formula is C13H14BO5. The number of ether oxygens (including phenoxy) is 2. The summed E-state index contributed by atoms with van der Waals surface area (Å²) in [7, 11) is 1.40. The number of rotatable bonds is 4. The fourth-order valence-corrected chi connectivity index (χ4v) is 2.58. The number of hydrogen-bond acceptors (Lipinski definition) is 5. The summed E-state index contributed by atoms with van der Waals surface area (Å²) in [6.45, 7) is -0.173. The summed E-state index contributed by atoms with van der Waals surface area (Å²) in [6, 6.07) is 8.20. The lowest BCUT2D eigenvalue weighted by atomic mass is 9.63.